The van der Waals surface area contributed by atoms with Crippen LogP contribution >= 0.6 is 0 Å². The number of aromatic nitrogens is 2. The minimum atomic E-state index is -0.437. The summed E-state index contributed by atoms with van der Waals surface area (Å²) in [5.41, 5.74) is 1.45. The van der Waals surface area contributed by atoms with Crippen molar-refractivity contribution < 1.29 is 14.3 Å². The van der Waals surface area contributed by atoms with E-state index in [2.05, 4.69) is 20.2 Å². The Labute approximate surface area is 145 Å². The highest BCUT2D eigenvalue weighted by atomic mass is 16.5. The third kappa shape index (κ3) is 2.72. The predicted molar refractivity (Wildman–Crippen MR) is 92.9 cm³/mol. The number of fused-ring (bicyclic) bond motifs is 1. The number of nitrogens with zero attached hydrogens (tertiary/aromatic N) is 3. The van der Waals surface area contributed by atoms with Crippen LogP contribution in [0.4, 0.5) is 10.5 Å². The van der Waals surface area contributed by atoms with Gasteiger partial charge >= 0.3 is 6.03 Å². The maximum absolute atomic E-state index is 12.2. The van der Waals surface area contributed by atoms with Crippen molar-refractivity contribution in [1.29, 1.82) is 0 Å². The van der Waals surface area contributed by atoms with E-state index >= 15 is 0 Å². The first-order valence-electron chi connectivity index (χ1n) is 8.54. The van der Waals surface area contributed by atoms with Crippen LogP contribution in [0.3, 0.4) is 0 Å². The van der Waals surface area contributed by atoms with Crippen LogP contribution in [-0.4, -0.2) is 48.2 Å². The summed E-state index contributed by atoms with van der Waals surface area (Å²) < 4.78 is 7.81. The van der Waals surface area contributed by atoms with Crippen LogP contribution in [0.15, 0.2) is 18.5 Å². The molecule has 4 rings (SSSR count). The molecule has 2 aromatic rings. The Kier molecular flexibility index (Phi) is 4.04. The molecule has 0 radical (unpaired) electrons. The van der Waals surface area contributed by atoms with Crippen molar-refractivity contribution in [2.45, 2.75) is 25.3 Å². The van der Waals surface area contributed by atoms with Crippen LogP contribution in [0.1, 0.15) is 25.3 Å². The van der Waals surface area contributed by atoms with Gasteiger partial charge in [-0.15, -0.1) is 0 Å². The molecule has 8 nitrogen and oxygen atoms in total. The number of methoxy groups -OCH3 is 1. The molecule has 2 aliphatic heterocycles. The maximum atomic E-state index is 12.2. The first-order valence-corrected chi connectivity index (χ1v) is 8.54. The lowest BCUT2D eigenvalue weighted by Crippen LogP contribution is -2.49. The Morgan fingerprint density at radius 1 is 1.28 bits per heavy atom. The van der Waals surface area contributed by atoms with Crippen molar-refractivity contribution in [3.8, 4) is 5.75 Å². The van der Waals surface area contributed by atoms with E-state index in [0.29, 0.717) is 24.0 Å². The van der Waals surface area contributed by atoms with Crippen LogP contribution < -0.4 is 20.3 Å². The highest BCUT2D eigenvalue weighted by Gasteiger charge is 2.28. The van der Waals surface area contributed by atoms with E-state index < -0.39 is 6.03 Å². The Hall–Kier alpha value is -2.61. The third-order valence-electron chi connectivity index (χ3n) is 4.92. The summed E-state index contributed by atoms with van der Waals surface area (Å²) in [6.07, 6.45) is 6.09. The molecule has 0 aromatic carbocycles. The molecule has 3 amide bonds. The van der Waals surface area contributed by atoms with Crippen molar-refractivity contribution in [1.82, 2.24) is 20.2 Å². The van der Waals surface area contributed by atoms with Gasteiger partial charge in [0.05, 0.1) is 18.7 Å². The molecule has 2 aromatic heterocycles. The second kappa shape index (κ2) is 6.36. The van der Waals surface area contributed by atoms with E-state index in [1.165, 1.54) is 4.90 Å². The number of pyridine rings is 1. The lowest BCUT2D eigenvalue weighted by Gasteiger charge is -2.28. The largest absolute Gasteiger partial charge is 0.494 e. The van der Waals surface area contributed by atoms with E-state index in [-0.39, 0.29) is 12.3 Å². The summed E-state index contributed by atoms with van der Waals surface area (Å²) in [6.45, 7) is 2.33. The van der Waals surface area contributed by atoms with Gasteiger partial charge in [0.25, 0.3) is 0 Å². The van der Waals surface area contributed by atoms with E-state index in [1.807, 2.05) is 12.3 Å². The Balaban J connectivity index is 1.75. The van der Waals surface area contributed by atoms with Gasteiger partial charge in [0, 0.05) is 25.2 Å². The molecule has 4 heterocycles. The highest BCUT2D eigenvalue weighted by Crippen LogP contribution is 2.37. The number of piperidine rings is 1. The molecule has 132 valence electrons. The topological polar surface area (TPSA) is 88.5 Å². The number of hydrogen-bond donors (Lipinski definition) is 2. The average Bonchev–Trinajstić information content (AvgIpc) is 3.06. The molecule has 2 fully saturated rings. The quantitative estimate of drug-likeness (QED) is 0.880. The van der Waals surface area contributed by atoms with Crippen molar-refractivity contribution >= 4 is 28.7 Å². The Bertz CT molecular complexity index is 825. The minimum absolute atomic E-state index is 0.258. The molecule has 25 heavy (non-hydrogen) atoms. The monoisotopic (exact) mass is 343 g/mol. The molecule has 0 bridgehead atoms. The number of ether oxygens (including phenoxy) is 1. The summed E-state index contributed by atoms with van der Waals surface area (Å²) in [7, 11) is 1.59. The normalized spacial score (nSPS) is 19.3. The van der Waals surface area contributed by atoms with Crippen molar-refractivity contribution in [3.05, 3.63) is 18.5 Å². The zero-order chi connectivity index (χ0) is 17.4. The van der Waals surface area contributed by atoms with Gasteiger partial charge in [-0.05, 0) is 32.0 Å². The summed E-state index contributed by atoms with van der Waals surface area (Å²) in [5, 5.41) is 6.59. The number of anilines is 1. The number of amides is 3. The molecular weight excluding hydrogens is 322 g/mol. The molecular formula is C17H21N5O3. The zero-order valence-electron chi connectivity index (χ0n) is 14.1. The van der Waals surface area contributed by atoms with Crippen LogP contribution in [0.2, 0.25) is 0 Å². The molecule has 8 heteroatoms. The number of rotatable bonds is 3. The molecule has 2 saturated heterocycles. The Morgan fingerprint density at radius 2 is 2.08 bits per heavy atom. The van der Waals surface area contributed by atoms with Crippen molar-refractivity contribution in [3.63, 3.8) is 0 Å². The lowest BCUT2D eigenvalue weighted by molar-refractivity contribution is -0.120. The minimum Gasteiger partial charge on any atom is -0.494 e. The molecule has 0 unspecified atom stereocenters. The molecule has 0 spiro atoms. The fourth-order valence-corrected chi connectivity index (χ4v) is 3.65. The van der Waals surface area contributed by atoms with E-state index in [9.17, 15) is 9.59 Å². The SMILES string of the molecule is COc1c(N2CCC(=O)NC2=O)cnc2c1ccn2C1CCNCC1. The number of nitrogens with one attached hydrogen (secondary N) is 2. The molecule has 0 saturated carbocycles. The second-order valence-electron chi connectivity index (χ2n) is 6.37. The Morgan fingerprint density at radius 3 is 2.80 bits per heavy atom. The van der Waals surface area contributed by atoms with E-state index in [1.54, 1.807) is 13.3 Å². The van der Waals surface area contributed by atoms with Crippen LogP contribution in [0.5, 0.6) is 5.75 Å². The zero-order valence-corrected chi connectivity index (χ0v) is 14.1. The lowest BCUT2D eigenvalue weighted by atomic mass is 10.1. The standard InChI is InChI=1S/C17H21N5O3/c1-25-15-12-4-8-21(11-2-6-18-7-3-11)16(12)19-10-13(15)22-9-5-14(23)20-17(22)24/h4,8,10-11,18H,2-3,5-7,9H2,1H3,(H,20,23,24). The molecule has 0 atom stereocenters. The van der Waals surface area contributed by atoms with Gasteiger partial charge in [-0.1, -0.05) is 0 Å². The van der Waals surface area contributed by atoms with Gasteiger partial charge in [0.15, 0.2) is 5.75 Å². The van der Waals surface area contributed by atoms with E-state index in [0.717, 1.165) is 37.0 Å². The summed E-state index contributed by atoms with van der Waals surface area (Å²) in [4.78, 5) is 29.7. The molecule has 2 N–H and O–H groups in total. The highest BCUT2D eigenvalue weighted by molar-refractivity contribution is 6.07. The van der Waals surface area contributed by atoms with Crippen LogP contribution in [-0.2, 0) is 4.79 Å². The molecule has 2 aliphatic rings. The van der Waals surface area contributed by atoms with Gasteiger partial charge in [-0.25, -0.2) is 9.78 Å². The van der Waals surface area contributed by atoms with Gasteiger partial charge in [0.1, 0.15) is 11.3 Å². The van der Waals surface area contributed by atoms with Crippen LogP contribution in [0.25, 0.3) is 11.0 Å². The number of hydrogen-bond acceptors (Lipinski definition) is 5. The first kappa shape index (κ1) is 15.9. The fourth-order valence-electron chi connectivity index (χ4n) is 3.65. The summed E-state index contributed by atoms with van der Waals surface area (Å²) in [5.74, 6) is 0.355. The maximum Gasteiger partial charge on any atom is 0.328 e. The van der Waals surface area contributed by atoms with Gasteiger partial charge in [-0.2, -0.15) is 0 Å². The first-order chi connectivity index (χ1) is 12.2. The smallest absolute Gasteiger partial charge is 0.328 e. The summed E-state index contributed by atoms with van der Waals surface area (Å²) >= 11 is 0. The number of carbonyl (C=O) groups is 2. The average molecular weight is 343 g/mol. The number of carbonyl (C=O) groups excluding carboxylic acids is 2. The predicted octanol–water partition coefficient (Wildman–Crippen LogP) is 1.42. The van der Waals surface area contributed by atoms with Gasteiger partial charge in [-0.3, -0.25) is 15.0 Å². The van der Waals surface area contributed by atoms with Gasteiger partial charge < -0.3 is 14.6 Å². The van der Waals surface area contributed by atoms with Gasteiger partial charge in [0.2, 0.25) is 5.91 Å². The van der Waals surface area contributed by atoms with Crippen LogP contribution in [0, 0.1) is 0 Å². The third-order valence-corrected chi connectivity index (χ3v) is 4.92. The fraction of sp³-hybridized carbons (Fsp3) is 0.471. The van der Waals surface area contributed by atoms with Crippen molar-refractivity contribution in [2.24, 2.45) is 0 Å². The van der Waals surface area contributed by atoms with Crippen molar-refractivity contribution in [2.75, 3.05) is 31.6 Å². The number of urea groups is 1. The molecule has 0 aliphatic carbocycles. The van der Waals surface area contributed by atoms with E-state index in [4.69, 9.17) is 4.74 Å². The summed E-state index contributed by atoms with van der Waals surface area (Å²) in [6, 6.07) is 1.96. The number of imide groups is 1. The second-order valence-corrected chi connectivity index (χ2v) is 6.37.